The van der Waals surface area contributed by atoms with Crippen molar-refractivity contribution < 1.29 is 9.53 Å². The Balaban J connectivity index is 2.19. The van der Waals surface area contributed by atoms with Crippen molar-refractivity contribution in [2.45, 2.75) is 31.3 Å². The molecule has 2 atom stereocenters. The molecule has 1 saturated heterocycles. The quantitative estimate of drug-likeness (QED) is 0.850. The van der Waals surface area contributed by atoms with Crippen molar-refractivity contribution >= 4 is 29.0 Å². The molecule has 1 aromatic carbocycles. The number of hydrogen-bond acceptors (Lipinski definition) is 3. The first-order valence-corrected chi connectivity index (χ1v) is 6.87. The molecular weight excluding hydrogens is 285 g/mol. The van der Waals surface area contributed by atoms with Gasteiger partial charge in [-0.2, -0.15) is 5.26 Å². The van der Waals surface area contributed by atoms with Gasteiger partial charge in [0.2, 0.25) is 0 Å². The van der Waals surface area contributed by atoms with Crippen LogP contribution in [0.2, 0.25) is 10.0 Å². The third-order valence-electron chi connectivity index (χ3n) is 3.19. The predicted octanol–water partition coefficient (Wildman–Crippen LogP) is 3.74. The number of hydrogen-bond donors (Lipinski definition) is 0. The molecule has 0 bridgehead atoms. The molecule has 0 N–H and O–H groups in total. The van der Waals surface area contributed by atoms with E-state index in [4.69, 9.17) is 27.9 Å². The number of carbonyl (C=O) groups is 1. The fourth-order valence-corrected chi connectivity index (χ4v) is 2.85. The summed E-state index contributed by atoms with van der Waals surface area (Å²) in [6, 6.07) is 6.95. The lowest BCUT2D eigenvalue weighted by atomic mass is 9.92. The average molecular weight is 298 g/mol. The van der Waals surface area contributed by atoms with Crippen LogP contribution in [0.1, 0.15) is 30.7 Å². The Kier molecular flexibility index (Phi) is 4.81. The third kappa shape index (κ3) is 3.27. The molecule has 1 fully saturated rings. The monoisotopic (exact) mass is 297 g/mol. The van der Waals surface area contributed by atoms with Gasteiger partial charge in [-0.1, -0.05) is 29.3 Å². The van der Waals surface area contributed by atoms with Crippen molar-refractivity contribution in [3.8, 4) is 6.07 Å². The van der Waals surface area contributed by atoms with E-state index in [1.807, 2.05) is 6.07 Å². The summed E-state index contributed by atoms with van der Waals surface area (Å²) in [5.41, 5.74) is 0.399. The number of benzene rings is 1. The Morgan fingerprint density at radius 1 is 1.47 bits per heavy atom. The Labute approximate surface area is 122 Å². The summed E-state index contributed by atoms with van der Waals surface area (Å²) in [4.78, 5) is 12.2. The molecule has 0 saturated carbocycles. The van der Waals surface area contributed by atoms with E-state index in [-0.39, 0.29) is 18.3 Å². The Morgan fingerprint density at radius 3 is 2.68 bits per heavy atom. The molecule has 0 aliphatic carbocycles. The Bertz CT molecular complexity index is 498. The molecule has 0 spiro atoms. The molecule has 1 aliphatic heterocycles. The van der Waals surface area contributed by atoms with Crippen LogP contribution in [0.5, 0.6) is 0 Å². The summed E-state index contributed by atoms with van der Waals surface area (Å²) in [7, 11) is 0. The number of nitriles is 1. The fourth-order valence-electron chi connectivity index (χ4n) is 2.23. The van der Waals surface area contributed by atoms with E-state index in [0.717, 1.165) is 12.8 Å². The number of ketones is 1. The van der Waals surface area contributed by atoms with Crippen LogP contribution in [0.4, 0.5) is 0 Å². The first-order chi connectivity index (χ1) is 9.13. The molecule has 1 aromatic rings. The van der Waals surface area contributed by atoms with E-state index < -0.39 is 5.92 Å². The van der Waals surface area contributed by atoms with Crippen LogP contribution in [0, 0.1) is 11.3 Å². The molecule has 3 nitrogen and oxygen atoms in total. The van der Waals surface area contributed by atoms with Gasteiger partial charge >= 0.3 is 0 Å². The van der Waals surface area contributed by atoms with Crippen molar-refractivity contribution in [2.75, 3.05) is 6.61 Å². The van der Waals surface area contributed by atoms with Crippen LogP contribution in [-0.4, -0.2) is 18.5 Å². The fraction of sp³-hybridized carbons (Fsp3) is 0.429. The van der Waals surface area contributed by atoms with Gasteiger partial charge in [0.1, 0.15) is 5.92 Å². The van der Waals surface area contributed by atoms with Gasteiger partial charge in [-0.15, -0.1) is 0 Å². The van der Waals surface area contributed by atoms with Crippen LogP contribution >= 0.6 is 23.2 Å². The highest BCUT2D eigenvalue weighted by Gasteiger charge is 2.28. The average Bonchev–Trinajstić information content (AvgIpc) is 2.86. The van der Waals surface area contributed by atoms with Crippen molar-refractivity contribution in [1.29, 1.82) is 5.26 Å². The maximum absolute atomic E-state index is 12.2. The van der Waals surface area contributed by atoms with Gasteiger partial charge in [-0.05, 0) is 25.0 Å². The van der Waals surface area contributed by atoms with Gasteiger partial charge in [0.25, 0.3) is 0 Å². The first kappa shape index (κ1) is 14.3. The summed E-state index contributed by atoms with van der Waals surface area (Å²) in [6.45, 7) is 0.683. The second-order valence-electron chi connectivity index (χ2n) is 4.50. The van der Waals surface area contributed by atoms with Crippen molar-refractivity contribution in [3.63, 3.8) is 0 Å². The van der Waals surface area contributed by atoms with Crippen LogP contribution in [0.25, 0.3) is 0 Å². The minimum Gasteiger partial charge on any atom is -0.378 e. The van der Waals surface area contributed by atoms with Gasteiger partial charge < -0.3 is 4.74 Å². The lowest BCUT2D eigenvalue weighted by Crippen LogP contribution is -2.18. The number of Topliss-reactive ketones (excluding diaryl/α,β-unsaturated/α-hetero) is 1. The van der Waals surface area contributed by atoms with Crippen molar-refractivity contribution in [1.82, 2.24) is 0 Å². The van der Waals surface area contributed by atoms with E-state index in [2.05, 4.69) is 0 Å². The van der Waals surface area contributed by atoms with Gasteiger partial charge in [-0.3, -0.25) is 4.79 Å². The normalized spacial score (nSPS) is 19.9. The molecule has 100 valence electrons. The molecule has 2 unspecified atom stereocenters. The van der Waals surface area contributed by atoms with E-state index in [1.165, 1.54) is 0 Å². The zero-order valence-corrected chi connectivity index (χ0v) is 11.7. The first-order valence-electron chi connectivity index (χ1n) is 6.11. The third-order valence-corrected chi connectivity index (χ3v) is 3.85. The number of ether oxygens (including phenoxy) is 1. The Morgan fingerprint density at radius 2 is 2.16 bits per heavy atom. The Hall–Kier alpha value is -1.08. The number of carbonyl (C=O) groups excluding carboxylic acids is 1. The zero-order valence-electron chi connectivity index (χ0n) is 10.2. The molecule has 19 heavy (non-hydrogen) atoms. The maximum atomic E-state index is 12.2. The standard InChI is InChI=1S/C14H13Cl2NO2/c15-11-4-1-5-12(16)14(11)10(8-17)13(18)7-9-3-2-6-19-9/h1,4-5,9-10H,2-3,6-7H2. The van der Waals surface area contributed by atoms with E-state index >= 15 is 0 Å². The predicted molar refractivity (Wildman–Crippen MR) is 73.4 cm³/mol. The molecule has 0 radical (unpaired) electrons. The molecule has 1 aliphatic rings. The molecule has 2 rings (SSSR count). The highest BCUT2D eigenvalue weighted by molar-refractivity contribution is 6.36. The number of halogens is 2. The van der Waals surface area contributed by atoms with Gasteiger partial charge in [0.05, 0.1) is 12.2 Å². The molecule has 0 aromatic heterocycles. The minimum absolute atomic E-state index is 0.0791. The summed E-state index contributed by atoms with van der Waals surface area (Å²) in [6.07, 6.45) is 1.98. The van der Waals surface area contributed by atoms with E-state index in [9.17, 15) is 10.1 Å². The topological polar surface area (TPSA) is 50.1 Å². The summed E-state index contributed by atoms with van der Waals surface area (Å²) >= 11 is 12.1. The van der Waals surface area contributed by atoms with E-state index in [1.54, 1.807) is 18.2 Å². The smallest absolute Gasteiger partial charge is 0.157 e. The molecule has 1 heterocycles. The van der Waals surface area contributed by atoms with Crippen molar-refractivity contribution in [3.05, 3.63) is 33.8 Å². The number of nitrogens with zero attached hydrogens (tertiary/aromatic N) is 1. The van der Waals surface area contributed by atoms with Gasteiger partial charge in [0.15, 0.2) is 5.78 Å². The van der Waals surface area contributed by atoms with Crippen LogP contribution in [0.3, 0.4) is 0 Å². The summed E-state index contributed by atoms with van der Waals surface area (Å²) in [5.74, 6) is -1.12. The minimum atomic E-state index is -0.926. The van der Waals surface area contributed by atoms with Crippen LogP contribution in [-0.2, 0) is 9.53 Å². The summed E-state index contributed by atoms with van der Waals surface area (Å²) in [5, 5.41) is 9.94. The molecule has 0 amide bonds. The van der Waals surface area contributed by atoms with E-state index in [0.29, 0.717) is 22.2 Å². The van der Waals surface area contributed by atoms with Crippen LogP contribution in [0.15, 0.2) is 18.2 Å². The second kappa shape index (κ2) is 6.38. The highest BCUT2D eigenvalue weighted by Crippen LogP contribution is 2.33. The summed E-state index contributed by atoms with van der Waals surface area (Å²) < 4.78 is 5.42. The lowest BCUT2D eigenvalue weighted by Gasteiger charge is -2.14. The largest absolute Gasteiger partial charge is 0.378 e. The van der Waals surface area contributed by atoms with Gasteiger partial charge in [0, 0.05) is 28.6 Å². The van der Waals surface area contributed by atoms with Crippen molar-refractivity contribution in [2.24, 2.45) is 0 Å². The molecular formula is C14H13Cl2NO2. The number of rotatable bonds is 4. The lowest BCUT2D eigenvalue weighted by molar-refractivity contribution is -0.121. The maximum Gasteiger partial charge on any atom is 0.157 e. The van der Waals surface area contributed by atoms with Gasteiger partial charge in [-0.25, -0.2) is 0 Å². The SMILES string of the molecule is N#CC(C(=O)CC1CCCO1)c1c(Cl)cccc1Cl. The highest BCUT2D eigenvalue weighted by atomic mass is 35.5. The molecule has 5 heteroatoms. The van der Waals surface area contributed by atoms with Crippen LogP contribution < -0.4 is 0 Å². The zero-order chi connectivity index (χ0) is 13.8. The second-order valence-corrected chi connectivity index (χ2v) is 5.32.